The number of aliphatic hydroxyl groups excluding tert-OH is 2. The van der Waals surface area contributed by atoms with Gasteiger partial charge in [-0.2, -0.15) is 0 Å². The number of fused-ring (bicyclic) bond motifs is 1. The van der Waals surface area contributed by atoms with Crippen LogP contribution in [0.1, 0.15) is 125 Å². The predicted octanol–water partition coefficient (Wildman–Crippen LogP) is 5.88. The number of aliphatic hydroxyl groups is 3. The maximum Gasteiger partial charge on any atom is 0.163 e. The highest BCUT2D eigenvalue weighted by molar-refractivity contribution is 5.88. The fourth-order valence-electron chi connectivity index (χ4n) is 7.88. The lowest BCUT2D eigenvalue weighted by molar-refractivity contribution is -0.124. The van der Waals surface area contributed by atoms with E-state index >= 15 is 0 Å². The van der Waals surface area contributed by atoms with E-state index in [0.717, 1.165) is 50.5 Å². The first-order valence-corrected chi connectivity index (χ1v) is 15.3. The largest absolute Gasteiger partial charge is 0.393 e. The summed E-state index contributed by atoms with van der Waals surface area (Å²) < 4.78 is 0. The predicted molar refractivity (Wildman–Crippen MR) is 156 cm³/mol. The summed E-state index contributed by atoms with van der Waals surface area (Å²) in [6.45, 7) is 9.46. The first-order chi connectivity index (χ1) is 18.2. The van der Waals surface area contributed by atoms with Gasteiger partial charge in [0.15, 0.2) is 11.3 Å². The Bertz CT molecular complexity index is 927. The molecule has 222 valence electrons. The fourth-order valence-corrected chi connectivity index (χ4v) is 7.88. The molecule has 3 aliphatic carbocycles. The molecule has 3 saturated carbocycles. The van der Waals surface area contributed by atoms with Crippen molar-refractivity contribution in [3.05, 3.63) is 28.2 Å². The number of Topliss-reactive ketones (excluding diaryl/α,β-unsaturated/α-hetero) is 1. The minimum atomic E-state index is -1.18. The van der Waals surface area contributed by atoms with Crippen LogP contribution in [0.2, 0.25) is 0 Å². The molecule has 0 aromatic rings. The molecule has 0 spiro atoms. The maximum atomic E-state index is 13.1. The molecular weight excluding hydrogens is 492 g/mol. The van der Waals surface area contributed by atoms with Gasteiger partial charge in [-0.15, -0.1) is 4.91 Å². The Labute approximate surface area is 235 Å². The van der Waals surface area contributed by atoms with Crippen molar-refractivity contribution >= 4 is 5.78 Å². The SMILES string of the molecule is CCC(C)(N=O)C(=O)CC[C@H](CCCC(C)(C)O)[C@@]1(N)CC[C@H]2/C(=C/C=C3C[C@@H](O)C[C@H](O)C3)CCC[C@@]21C. The third kappa shape index (κ3) is 7.27. The minimum absolute atomic E-state index is 0.105. The first-order valence-electron chi connectivity index (χ1n) is 15.3. The van der Waals surface area contributed by atoms with Gasteiger partial charge in [0.05, 0.1) is 17.8 Å². The molecule has 0 saturated heterocycles. The lowest BCUT2D eigenvalue weighted by Gasteiger charge is -2.52. The summed E-state index contributed by atoms with van der Waals surface area (Å²) in [4.78, 5) is 24.5. The van der Waals surface area contributed by atoms with E-state index in [2.05, 4.69) is 24.3 Å². The standard InChI is InChI=1S/C32H54N2O5/c1-6-31(5,34-39)28(37)14-13-24(10-8-16-29(2,3)38)32(33)18-15-27-23(9-7-17-30(27,32)4)12-11-22-19-25(35)21-26(36)20-22/h11-12,24-27,35-36,38H,6-10,13-21,33H2,1-5H3/b23-12+/t24-,25+,26+,27-,30-,31?,32-/m0/s1. The number of nitrogens with two attached hydrogens (primary N) is 1. The number of carbonyl (C=O) groups excluding carboxylic acids is 1. The van der Waals surface area contributed by atoms with Gasteiger partial charge in [0.1, 0.15) is 0 Å². The molecule has 0 bridgehead atoms. The zero-order valence-electron chi connectivity index (χ0n) is 25.0. The van der Waals surface area contributed by atoms with Crippen LogP contribution in [0.5, 0.6) is 0 Å². The van der Waals surface area contributed by atoms with Crippen LogP contribution in [0, 0.1) is 22.2 Å². The molecule has 7 atom stereocenters. The lowest BCUT2D eigenvalue weighted by Crippen LogP contribution is -2.58. The molecule has 3 fully saturated rings. The quantitative estimate of drug-likeness (QED) is 0.226. The summed E-state index contributed by atoms with van der Waals surface area (Å²) in [5, 5.41) is 33.7. The summed E-state index contributed by atoms with van der Waals surface area (Å²) in [6, 6.07) is 0. The first kappa shape index (κ1) is 32.1. The molecule has 0 heterocycles. The van der Waals surface area contributed by atoms with Gasteiger partial charge in [-0.1, -0.05) is 48.7 Å². The van der Waals surface area contributed by atoms with E-state index in [0.29, 0.717) is 50.9 Å². The number of nitroso groups, excluding NO2 is 1. The van der Waals surface area contributed by atoms with Crippen LogP contribution in [0.3, 0.4) is 0 Å². The zero-order chi connectivity index (χ0) is 29.1. The van der Waals surface area contributed by atoms with Gasteiger partial charge < -0.3 is 21.1 Å². The van der Waals surface area contributed by atoms with Crippen LogP contribution in [0.25, 0.3) is 0 Å². The van der Waals surface area contributed by atoms with Gasteiger partial charge in [0.25, 0.3) is 0 Å². The Morgan fingerprint density at radius 2 is 1.82 bits per heavy atom. The monoisotopic (exact) mass is 546 g/mol. The molecule has 3 rings (SSSR count). The van der Waals surface area contributed by atoms with Crippen molar-refractivity contribution in [2.75, 3.05) is 0 Å². The topological polar surface area (TPSA) is 133 Å². The van der Waals surface area contributed by atoms with E-state index in [-0.39, 0.29) is 17.1 Å². The van der Waals surface area contributed by atoms with Crippen molar-refractivity contribution in [3.63, 3.8) is 0 Å². The third-order valence-electron chi connectivity index (χ3n) is 10.6. The van der Waals surface area contributed by atoms with Gasteiger partial charge in [0.2, 0.25) is 0 Å². The zero-order valence-corrected chi connectivity index (χ0v) is 25.0. The van der Waals surface area contributed by atoms with Crippen molar-refractivity contribution in [1.82, 2.24) is 0 Å². The minimum Gasteiger partial charge on any atom is -0.393 e. The maximum absolute atomic E-state index is 13.1. The summed E-state index contributed by atoms with van der Waals surface area (Å²) in [5.41, 5.74) is 7.49. The molecule has 0 radical (unpaired) electrons. The Hall–Kier alpha value is -1.41. The van der Waals surface area contributed by atoms with Crippen LogP contribution >= 0.6 is 0 Å². The normalized spacial score (nSPS) is 34.8. The van der Waals surface area contributed by atoms with E-state index in [4.69, 9.17) is 5.73 Å². The molecule has 0 amide bonds. The molecule has 39 heavy (non-hydrogen) atoms. The Morgan fingerprint density at radius 1 is 1.15 bits per heavy atom. The average Bonchev–Trinajstić information content (AvgIpc) is 3.14. The highest BCUT2D eigenvalue weighted by atomic mass is 16.3. The molecular formula is C32H54N2O5. The number of hydrogen-bond acceptors (Lipinski definition) is 7. The van der Waals surface area contributed by atoms with E-state index in [9.17, 15) is 25.0 Å². The summed E-state index contributed by atoms with van der Waals surface area (Å²) in [6.07, 6.45) is 13.8. The van der Waals surface area contributed by atoms with Crippen LogP contribution in [-0.4, -0.2) is 50.0 Å². The molecule has 7 heteroatoms. The summed E-state index contributed by atoms with van der Waals surface area (Å²) in [5.74, 6) is 0.355. The second kappa shape index (κ2) is 12.6. The van der Waals surface area contributed by atoms with Crippen LogP contribution in [0.15, 0.2) is 28.5 Å². The van der Waals surface area contributed by atoms with E-state index in [1.807, 2.05) is 20.8 Å². The molecule has 0 aromatic heterocycles. The number of nitrogens with zero attached hydrogens (tertiary/aromatic N) is 1. The second-order valence-electron chi connectivity index (χ2n) is 14.0. The molecule has 1 unspecified atom stereocenters. The Balaban J connectivity index is 1.84. The van der Waals surface area contributed by atoms with Crippen molar-refractivity contribution in [3.8, 4) is 0 Å². The molecule has 7 nitrogen and oxygen atoms in total. The van der Waals surface area contributed by atoms with Crippen molar-refractivity contribution in [2.45, 2.75) is 153 Å². The highest BCUT2D eigenvalue weighted by Crippen LogP contribution is 2.61. The van der Waals surface area contributed by atoms with E-state index < -0.39 is 28.9 Å². The number of hydrogen-bond donors (Lipinski definition) is 4. The smallest absolute Gasteiger partial charge is 0.163 e. The highest BCUT2D eigenvalue weighted by Gasteiger charge is 2.59. The van der Waals surface area contributed by atoms with Gasteiger partial charge in [-0.3, -0.25) is 4.79 Å². The third-order valence-corrected chi connectivity index (χ3v) is 10.6. The van der Waals surface area contributed by atoms with Crippen molar-refractivity contribution in [1.29, 1.82) is 0 Å². The summed E-state index contributed by atoms with van der Waals surface area (Å²) in [7, 11) is 0. The number of allylic oxidation sites excluding steroid dienone is 3. The number of ketones is 1. The summed E-state index contributed by atoms with van der Waals surface area (Å²) >= 11 is 0. The number of carbonyl (C=O) groups is 1. The lowest BCUT2D eigenvalue weighted by atomic mass is 9.56. The molecule has 3 aliphatic rings. The number of rotatable bonds is 12. The molecule has 0 aromatic carbocycles. The van der Waals surface area contributed by atoms with Crippen LogP contribution in [0.4, 0.5) is 0 Å². The van der Waals surface area contributed by atoms with E-state index in [1.165, 1.54) is 5.57 Å². The van der Waals surface area contributed by atoms with Gasteiger partial charge in [-0.05, 0) is 115 Å². The van der Waals surface area contributed by atoms with Crippen molar-refractivity contribution in [2.24, 2.45) is 28.2 Å². The average molecular weight is 547 g/mol. The van der Waals surface area contributed by atoms with E-state index in [1.54, 1.807) is 6.92 Å². The van der Waals surface area contributed by atoms with Crippen LogP contribution in [-0.2, 0) is 4.79 Å². The molecule has 0 aliphatic heterocycles. The fraction of sp³-hybridized carbons (Fsp3) is 0.844. The molecule has 5 N–H and O–H groups in total. The van der Waals surface area contributed by atoms with Crippen molar-refractivity contribution < 1.29 is 20.1 Å². The second-order valence-corrected chi connectivity index (χ2v) is 14.0. The van der Waals surface area contributed by atoms with Gasteiger partial charge in [0, 0.05) is 12.0 Å². The Morgan fingerprint density at radius 3 is 2.41 bits per heavy atom. The van der Waals surface area contributed by atoms with Gasteiger partial charge >= 0.3 is 0 Å². The van der Waals surface area contributed by atoms with Gasteiger partial charge in [-0.25, -0.2) is 0 Å². The Kier molecular flexibility index (Phi) is 10.4. The van der Waals surface area contributed by atoms with Crippen LogP contribution < -0.4 is 5.73 Å².